The first-order valence-electron chi connectivity index (χ1n) is 17.7. The molecular weight excluding hydrogens is 646 g/mol. The molecule has 11 nitrogen and oxygen atoms in total. The lowest BCUT2D eigenvalue weighted by Gasteiger charge is -2.36. The zero-order valence-corrected chi connectivity index (χ0v) is 30.2. The standard InChI is InChI=1S/C37H52ClN5O6/c1-36(2,3)32(40-30(44)18-24-11-7-6-8-12-24)35(48)43-22-37(20-28(41-49-37)25-15-10-16-26(38)19-25)21-29(43)33(46)39-27(17-23-13-9-14-23)31(45)34(47)42(4)5/h10,15-16,19-20,23-24,27,29,32,41H,6-9,11-14,17-18,21-22H2,1-5H3,(H,39,46)(H,40,44)/t27-,29+,32-,37-/m1/s1. The monoisotopic (exact) mass is 697 g/mol. The fourth-order valence-corrected chi connectivity index (χ4v) is 7.63. The van der Waals surface area contributed by atoms with E-state index in [2.05, 4.69) is 16.1 Å². The lowest BCUT2D eigenvalue weighted by Crippen LogP contribution is -2.59. The first-order chi connectivity index (χ1) is 23.2. The van der Waals surface area contributed by atoms with Crippen LogP contribution in [0, 0.1) is 17.3 Å². The number of hydrogen-bond donors (Lipinski definition) is 3. The van der Waals surface area contributed by atoms with E-state index < -0.39 is 52.6 Å². The molecule has 2 aliphatic carbocycles. The molecule has 5 rings (SSSR count). The third kappa shape index (κ3) is 8.84. The summed E-state index contributed by atoms with van der Waals surface area (Å²) >= 11 is 6.26. The number of carbonyl (C=O) groups excluding carboxylic acids is 5. The summed E-state index contributed by atoms with van der Waals surface area (Å²) in [4.78, 5) is 77.2. The van der Waals surface area contributed by atoms with E-state index >= 15 is 0 Å². The van der Waals surface area contributed by atoms with Gasteiger partial charge in [0.05, 0.1) is 18.3 Å². The highest BCUT2D eigenvalue weighted by atomic mass is 35.5. The molecule has 0 unspecified atom stereocenters. The summed E-state index contributed by atoms with van der Waals surface area (Å²) in [6, 6.07) is 4.30. The molecule has 1 aromatic rings. The van der Waals surface area contributed by atoms with E-state index in [1.165, 1.54) is 30.3 Å². The van der Waals surface area contributed by atoms with Crippen LogP contribution in [0.5, 0.6) is 0 Å². The number of amides is 4. The molecule has 0 radical (unpaired) electrons. The molecule has 3 fully saturated rings. The fraction of sp³-hybridized carbons (Fsp3) is 0.649. The van der Waals surface area contributed by atoms with Crippen LogP contribution in [0.2, 0.25) is 5.02 Å². The molecule has 1 saturated heterocycles. The maximum Gasteiger partial charge on any atom is 0.291 e. The molecule has 0 aromatic heterocycles. The van der Waals surface area contributed by atoms with Gasteiger partial charge in [0.25, 0.3) is 5.91 Å². The molecule has 12 heteroatoms. The maximum atomic E-state index is 14.6. The molecule has 4 atom stereocenters. The van der Waals surface area contributed by atoms with Crippen molar-refractivity contribution in [2.75, 3.05) is 20.6 Å². The molecule has 2 saturated carbocycles. The second-order valence-electron chi connectivity index (χ2n) is 15.8. The van der Waals surface area contributed by atoms with E-state index in [0.29, 0.717) is 29.5 Å². The Morgan fingerprint density at radius 3 is 2.33 bits per heavy atom. The van der Waals surface area contributed by atoms with Crippen molar-refractivity contribution >= 4 is 46.7 Å². The van der Waals surface area contributed by atoms with Crippen LogP contribution < -0.4 is 16.1 Å². The van der Waals surface area contributed by atoms with Gasteiger partial charge in [0.2, 0.25) is 23.5 Å². The van der Waals surface area contributed by atoms with Crippen molar-refractivity contribution in [3.8, 4) is 0 Å². The molecule has 4 aliphatic rings. The molecule has 1 spiro atoms. The minimum Gasteiger partial charge on any atom is -0.344 e. The van der Waals surface area contributed by atoms with E-state index in [1.54, 1.807) is 12.1 Å². The third-order valence-corrected chi connectivity index (χ3v) is 10.7. The predicted molar refractivity (Wildman–Crippen MR) is 187 cm³/mol. The number of halogens is 1. The largest absolute Gasteiger partial charge is 0.344 e. The van der Waals surface area contributed by atoms with Gasteiger partial charge in [-0.25, -0.2) is 0 Å². The molecule has 2 heterocycles. The van der Waals surface area contributed by atoms with Gasteiger partial charge in [-0.15, -0.1) is 0 Å². The highest BCUT2D eigenvalue weighted by molar-refractivity contribution is 6.38. The second-order valence-corrected chi connectivity index (χ2v) is 16.2. The Hall–Kier alpha value is -3.44. The van der Waals surface area contributed by atoms with Crippen molar-refractivity contribution in [2.45, 2.75) is 115 Å². The molecular formula is C37H52ClN5O6. The van der Waals surface area contributed by atoms with E-state index in [0.717, 1.165) is 50.5 Å². The van der Waals surface area contributed by atoms with Gasteiger partial charge in [0.1, 0.15) is 17.7 Å². The number of benzene rings is 1. The van der Waals surface area contributed by atoms with Crippen LogP contribution in [0.25, 0.3) is 5.70 Å². The quantitative estimate of drug-likeness (QED) is 0.292. The Labute approximate surface area is 294 Å². The summed E-state index contributed by atoms with van der Waals surface area (Å²) in [6.45, 7) is 5.71. The third-order valence-electron chi connectivity index (χ3n) is 10.5. The molecule has 2 aliphatic heterocycles. The normalized spacial score (nSPS) is 24.0. The molecule has 3 N–H and O–H groups in total. The Morgan fingerprint density at radius 2 is 1.71 bits per heavy atom. The number of likely N-dealkylation sites (N-methyl/N-ethyl adjacent to an activating group) is 1. The van der Waals surface area contributed by atoms with Gasteiger partial charge in [-0.2, -0.15) is 0 Å². The summed E-state index contributed by atoms with van der Waals surface area (Å²) in [7, 11) is 3.01. The summed E-state index contributed by atoms with van der Waals surface area (Å²) in [5, 5.41) is 6.46. The average Bonchev–Trinajstić information content (AvgIpc) is 3.63. The van der Waals surface area contributed by atoms with Crippen molar-refractivity contribution in [1.82, 2.24) is 25.9 Å². The van der Waals surface area contributed by atoms with E-state index in [4.69, 9.17) is 16.4 Å². The summed E-state index contributed by atoms with van der Waals surface area (Å²) in [5.74, 6) is -1.96. The van der Waals surface area contributed by atoms with Crippen molar-refractivity contribution in [3.05, 3.63) is 40.9 Å². The number of nitrogens with one attached hydrogen (secondary N) is 3. The van der Waals surface area contributed by atoms with Gasteiger partial charge < -0.3 is 20.4 Å². The summed E-state index contributed by atoms with van der Waals surface area (Å²) in [6.07, 6.45) is 11.0. The van der Waals surface area contributed by atoms with Gasteiger partial charge in [-0.1, -0.05) is 83.0 Å². The van der Waals surface area contributed by atoms with E-state index in [9.17, 15) is 24.0 Å². The van der Waals surface area contributed by atoms with Crippen LogP contribution in [0.4, 0.5) is 0 Å². The number of carbonyl (C=O) groups is 5. The van der Waals surface area contributed by atoms with Gasteiger partial charge in [0.15, 0.2) is 0 Å². The van der Waals surface area contributed by atoms with Gasteiger partial charge in [-0.3, -0.25) is 34.3 Å². The van der Waals surface area contributed by atoms with Crippen molar-refractivity contribution in [3.63, 3.8) is 0 Å². The molecule has 49 heavy (non-hydrogen) atoms. The lowest BCUT2D eigenvalue weighted by atomic mass is 9.80. The second kappa shape index (κ2) is 15.2. The Kier molecular flexibility index (Phi) is 11.4. The zero-order valence-electron chi connectivity index (χ0n) is 29.5. The molecule has 0 bridgehead atoms. The van der Waals surface area contributed by atoms with Crippen LogP contribution in [-0.2, 0) is 28.8 Å². The number of hydrogen-bond acceptors (Lipinski definition) is 7. The first-order valence-corrected chi connectivity index (χ1v) is 18.1. The first kappa shape index (κ1) is 36.8. The topological polar surface area (TPSA) is 137 Å². The maximum absolute atomic E-state index is 14.6. The predicted octanol–water partition coefficient (Wildman–Crippen LogP) is 4.39. The highest BCUT2D eigenvalue weighted by Gasteiger charge is 2.54. The van der Waals surface area contributed by atoms with E-state index in [1.807, 2.05) is 39.0 Å². The van der Waals surface area contributed by atoms with Crippen molar-refractivity contribution in [1.29, 1.82) is 0 Å². The number of rotatable bonds is 11. The van der Waals surface area contributed by atoms with Crippen molar-refractivity contribution < 1.29 is 28.8 Å². The summed E-state index contributed by atoms with van der Waals surface area (Å²) in [5.41, 5.74) is 2.66. The number of Topliss-reactive ketones (excluding diaryl/α,β-unsaturated/α-hetero) is 1. The van der Waals surface area contributed by atoms with Crippen LogP contribution in [0.3, 0.4) is 0 Å². The summed E-state index contributed by atoms with van der Waals surface area (Å²) < 4.78 is 0. The van der Waals surface area contributed by atoms with Crippen molar-refractivity contribution in [2.24, 2.45) is 17.3 Å². The molecule has 268 valence electrons. The number of ketones is 1. The van der Waals surface area contributed by atoms with Crippen LogP contribution in [0.15, 0.2) is 30.3 Å². The number of hydroxylamine groups is 1. The molecule has 1 aromatic carbocycles. The van der Waals surface area contributed by atoms with Crippen LogP contribution in [-0.4, -0.2) is 83.6 Å². The lowest BCUT2D eigenvalue weighted by molar-refractivity contribution is -0.147. The average molecular weight is 698 g/mol. The van der Waals surface area contributed by atoms with Gasteiger partial charge in [0, 0.05) is 37.5 Å². The fourth-order valence-electron chi connectivity index (χ4n) is 7.44. The minimum absolute atomic E-state index is 0.0317. The van der Waals surface area contributed by atoms with Crippen LogP contribution in [0.1, 0.15) is 97.0 Å². The Morgan fingerprint density at radius 1 is 1.02 bits per heavy atom. The van der Waals surface area contributed by atoms with Crippen LogP contribution >= 0.6 is 11.6 Å². The number of likely N-dealkylation sites (tertiary alicyclic amines) is 1. The SMILES string of the molecule is CN(C)C(=O)C(=O)[C@@H](CC1CCC1)NC(=O)[C@@H]1C[C@]2(C=C(c3cccc(Cl)c3)NO2)CN1C(=O)[C@@H](NC(=O)CC1CCCCC1)C(C)(C)C. The smallest absolute Gasteiger partial charge is 0.291 e. The highest BCUT2D eigenvalue weighted by Crippen LogP contribution is 2.39. The van der Waals surface area contributed by atoms with Gasteiger partial charge in [-0.05, 0) is 54.7 Å². The molecule has 4 amide bonds. The number of nitrogens with zero attached hydrogens (tertiary/aromatic N) is 2. The Bertz CT molecular complexity index is 1460. The minimum atomic E-state index is -1.07. The van der Waals surface area contributed by atoms with Gasteiger partial charge >= 0.3 is 0 Å². The zero-order chi connectivity index (χ0) is 35.5. The van der Waals surface area contributed by atoms with E-state index in [-0.39, 0.29) is 24.8 Å². The Balaban J connectivity index is 1.43.